The molecule has 1 fully saturated rings. The van der Waals surface area contributed by atoms with E-state index in [0.29, 0.717) is 12.1 Å². The summed E-state index contributed by atoms with van der Waals surface area (Å²) in [5, 5.41) is 12.6. The molecule has 78 valence electrons. The molecule has 13 heavy (non-hydrogen) atoms. The van der Waals surface area contributed by atoms with Crippen molar-refractivity contribution < 1.29 is 5.11 Å². The summed E-state index contributed by atoms with van der Waals surface area (Å²) in [6.45, 7) is 4.65. The van der Waals surface area contributed by atoms with Crippen LogP contribution >= 0.6 is 0 Å². The predicted molar refractivity (Wildman–Crippen MR) is 55.7 cm³/mol. The summed E-state index contributed by atoms with van der Waals surface area (Å²) in [6, 6.07) is 0.884. The van der Waals surface area contributed by atoms with Crippen molar-refractivity contribution in [3.63, 3.8) is 0 Å². The number of hydrogen-bond donors (Lipinski definition) is 2. The van der Waals surface area contributed by atoms with Crippen LogP contribution in [0.3, 0.4) is 0 Å². The molecular weight excluding hydrogens is 162 g/mol. The standard InChI is InChI=1S/C11H23NO/c1-3-11(8-13)12-9(2)10-6-4-5-7-10/h9-13H,3-8H2,1-2H3. The third-order valence-corrected chi connectivity index (χ3v) is 3.32. The van der Waals surface area contributed by atoms with Crippen molar-refractivity contribution in [3.8, 4) is 0 Å². The van der Waals surface area contributed by atoms with Crippen LogP contribution < -0.4 is 5.32 Å². The first-order valence-corrected chi connectivity index (χ1v) is 5.64. The zero-order valence-electron chi connectivity index (χ0n) is 8.92. The Kier molecular flexibility index (Phi) is 4.74. The van der Waals surface area contributed by atoms with Crippen molar-refractivity contribution >= 4 is 0 Å². The lowest BCUT2D eigenvalue weighted by atomic mass is 9.99. The molecule has 2 N–H and O–H groups in total. The maximum absolute atomic E-state index is 9.06. The van der Waals surface area contributed by atoms with E-state index in [1.54, 1.807) is 0 Å². The molecule has 0 saturated heterocycles. The van der Waals surface area contributed by atoms with Crippen LogP contribution in [-0.2, 0) is 0 Å². The van der Waals surface area contributed by atoms with Gasteiger partial charge < -0.3 is 10.4 Å². The summed E-state index contributed by atoms with van der Waals surface area (Å²) >= 11 is 0. The van der Waals surface area contributed by atoms with Gasteiger partial charge in [-0.25, -0.2) is 0 Å². The highest BCUT2D eigenvalue weighted by Gasteiger charge is 2.22. The van der Waals surface area contributed by atoms with E-state index >= 15 is 0 Å². The van der Waals surface area contributed by atoms with E-state index in [2.05, 4.69) is 19.2 Å². The molecule has 2 unspecified atom stereocenters. The molecule has 0 aromatic carbocycles. The zero-order valence-corrected chi connectivity index (χ0v) is 8.92. The first kappa shape index (κ1) is 11.0. The molecule has 0 radical (unpaired) electrons. The Morgan fingerprint density at radius 3 is 2.46 bits per heavy atom. The van der Waals surface area contributed by atoms with Gasteiger partial charge in [-0.1, -0.05) is 19.8 Å². The van der Waals surface area contributed by atoms with E-state index in [-0.39, 0.29) is 6.61 Å². The summed E-state index contributed by atoms with van der Waals surface area (Å²) in [6.07, 6.45) is 6.55. The Morgan fingerprint density at radius 2 is 2.00 bits per heavy atom. The van der Waals surface area contributed by atoms with Gasteiger partial charge in [-0.05, 0) is 32.1 Å². The highest BCUT2D eigenvalue weighted by atomic mass is 16.3. The van der Waals surface area contributed by atoms with Gasteiger partial charge in [0.15, 0.2) is 0 Å². The number of rotatable bonds is 5. The lowest BCUT2D eigenvalue weighted by Crippen LogP contribution is -2.41. The summed E-state index contributed by atoms with van der Waals surface area (Å²) in [5.41, 5.74) is 0. The fourth-order valence-corrected chi connectivity index (χ4v) is 2.26. The van der Waals surface area contributed by atoms with Crippen molar-refractivity contribution in [3.05, 3.63) is 0 Å². The molecule has 2 nitrogen and oxygen atoms in total. The van der Waals surface area contributed by atoms with E-state index in [0.717, 1.165) is 12.3 Å². The van der Waals surface area contributed by atoms with Crippen molar-refractivity contribution in [2.75, 3.05) is 6.61 Å². The molecule has 0 amide bonds. The highest BCUT2D eigenvalue weighted by Crippen LogP contribution is 2.27. The van der Waals surface area contributed by atoms with E-state index in [1.165, 1.54) is 25.7 Å². The van der Waals surface area contributed by atoms with E-state index in [9.17, 15) is 0 Å². The minimum atomic E-state index is 0.271. The van der Waals surface area contributed by atoms with Gasteiger partial charge in [0.25, 0.3) is 0 Å². The SMILES string of the molecule is CCC(CO)NC(C)C1CCCC1. The van der Waals surface area contributed by atoms with Crippen LogP contribution in [0.4, 0.5) is 0 Å². The van der Waals surface area contributed by atoms with Crippen LogP contribution in [-0.4, -0.2) is 23.8 Å². The Hall–Kier alpha value is -0.0800. The predicted octanol–water partition coefficient (Wildman–Crippen LogP) is 1.93. The fourth-order valence-electron chi connectivity index (χ4n) is 2.26. The van der Waals surface area contributed by atoms with Gasteiger partial charge >= 0.3 is 0 Å². The summed E-state index contributed by atoms with van der Waals surface area (Å²) < 4.78 is 0. The van der Waals surface area contributed by atoms with E-state index in [4.69, 9.17) is 5.11 Å². The van der Waals surface area contributed by atoms with E-state index < -0.39 is 0 Å². The first-order valence-electron chi connectivity index (χ1n) is 5.64. The molecule has 1 rings (SSSR count). The lowest BCUT2D eigenvalue weighted by molar-refractivity contribution is 0.215. The molecule has 0 aromatic heterocycles. The molecule has 2 heteroatoms. The smallest absolute Gasteiger partial charge is 0.0584 e. The van der Waals surface area contributed by atoms with Gasteiger partial charge in [-0.3, -0.25) is 0 Å². The molecule has 2 atom stereocenters. The number of aliphatic hydroxyl groups is 1. The molecule has 1 aliphatic carbocycles. The second-order valence-electron chi connectivity index (χ2n) is 4.29. The molecule has 0 aromatic rings. The van der Waals surface area contributed by atoms with Gasteiger partial charge in [0, 0.05) is 12.1 Å². The molecule has 1 aliphatic rings. The van der Waals surface area contributed by atoms with Crippen LogP contribution in [0.25, 0.3) is 0 Å². The normalized spacial score (nSPS) is 23.3. The quantitative estimate of drug-likeness (QED) is 0.686. The van der Waals surface area contributed by atoms with Crippen molar-refractivity contribution in [2.24, 2.45) is 5.92 Å². The van der Waals surface area contributed by atoms with Gasteiger partial charge in [0.05, 0.1) is 6.61 Å². The largest absolute Gasteiger partial charge is 0.395 e. The second-order valence-corrected chi connectivity index (χ2v) is 4.29. The number of aliphatic hydroxyl groups excluding tert-OH is 1. The Balaban J connectivity index is 2.25. The Morgan fingerprint density at radius 1 is 1.38 bits per heavy atom. The van der Waals surface area contributed by atoms with Crippen molar-refractivity contribution in [1.29, 1.82) is 0 Å². The molecular formula is C11H23NO. The first-order chi connectivity index (χ1) is 6.27. The van der Waals surface area contributed by atoms with Crippen LogP contribution in [0.1, 0.15) is 46.0 Å². The van der Waals surface area contributed by atoms with Crippen molar-refractivity contribution in [1.82, 2.24) is 5.32 Å². The van der Waals surface area contributed by atoms with E-state index in [1.807, 2.05) is 0 Å². The average molecular weight is 185 g/mol. The summed E-state index contributed by atoms with van der Waals surface area (Å²) in [7, 11) is 0. The van der Waals surface area contributed by atoms with Crippen molar-refractivity contribution in [2.45, 2.75) is 58.0 Å². The molecule has 0 heterocycles. The molecule has 1 saturated carbocycles. The van der Waals surface area contributed by atoms with Crippen LogP contribution in [0.5, 0.6) is 0 Å². The van der Waals surface area contributed by atoms with Crippen LogP contribution in [0, 0.1) is 5.92 Å². The van der Waals surface area contributed by atoms with Crippen LogP contribution in [0.2, 0.25) is 0 Å². The third kappa shape index (κ3) is 3.28. The monoisotopic (exact) mass is 185 g/mol. The number of hydrogen-bond acceptors (Lipinski definition) is 2. The summed E-state index contributed by atoms with van der Waals surface area (Å²) in [5.74, 6) is 0.848. The zero-order chi connectivity index (χ0) is 9.68. The maximum atomic E-state index is 9.06. The molecule has 0 aliphatic heterocycles. The van der Waals surface area contributed by atoms with Gasteiger partial charge in [0.1, 0.15) is 0 Å². The summed E-state index contributed by atoms with van der Waals surface area (Å²) in [4.78, 5) is 0. The Labute approximate surface area is 81.7 Å². The topological polar surface area (TPSA) is 32.3 Å². The van der Waals surface area contributed by atoms with Crippen LogP contribution in [0.15, 0.2) is 0 Å². The average Bonchev–Trinajstić information content (AvgIpc) is 2.66. The van der Waals surface area contributed by atoms with Gasteiger partial charge in [-0.2, -0.15) is 0 Å². The third-order valence-electron chi connectivity index (χ3n) is 3.32. The maximum Gasteiger partial charge on any atom is 0.0584 e. The lowest BCUT2D eigenvalue weighted by Gasteiger charge is -2.25. The van der Waals surface area contributed by atoms with Gasteiger partial charge in [0.2, 0.25) is 0 Å². The minimum absolute atomic E-state index is 0.271. The number of nitrogens with one attached hydrogen (secondary N) is 1. The molecule has 0 spiro atoms. The minimum Gasteiger partial charge on any atom is -0.395 e. The Bertz CT molecular complexity index is 128. The second kappa shape index (κ2) is 5.61. The van der Waals surface area contributed by atoms with Gasteiger partial charge in [-0.15, -0.1) is 0 Å². The molecule has 0 bridgehead atoms. The fraction of sp³-hybridized carbons (Fsp3) is 1.00. The highest BCUT2D eigenvalue weighted by molar-refractivity contribution is 4.79.